The van der Waals surface area contributed by atoms with Gasteiger partial charge in [-0.05, 0) is 86.2 Å². The lowest BCUT2D eigenvalue weighted by molar-refractivity contribution is -0.114. The zero-order valence-electron chi connectivity index (χ0n) is 21.2. The fourth-order valence-electron chi connectivity index (χ4n) is 5.16. The molecule has 1 aliphatic heterocycles. The molecule has 0 spiro atoms. The first-order valence-corrected chi connectivity index (χ1v) is 12.6. The van der Waals surface area contributed by atoms with E-state index >= 15 is 0 Å². The van der Waals surface area contributed by atoms with Gasteiger partial charge in [-0.15, -0.1) is 0 Å². The van der Waals surface area contributed by atoms with Crippen LogP contribution < -0.4 is 15.5 Å². The van der Waals surface area contributed by atoms with Gasteiger partial charge >= 0.3 is 5.97 Å². The summed E-state index contributed by atoms with van der Waals surface area (Å²) in [7, 11) is 0. The molecule has 1 amide bonds. The third kappa shape index (κ3) is 4.52. The van der Waals surface area contributed by atoms with E-state index in [-0.39, 0.29) is 23.6 Å². The molecule has 1 saturated heterocycles. The molecule has 2 atom stereocenters. The average Bonchev–Trinajstić information content (AvgIpc) is 3.39. The van der Waals surface area contributed by atoms with E-state index in [0.717, 1.165) is 28.3 Å². The number of pyridine rings is 1. The standard InChI is InChI=1S/C29H27N5O3S/c1-17-16-23(18(2)33(17)25-10-5-4-8-22(25)28(36)37)27-26(24-9-6-7-15-30-24)32-29(38)34(27)21-13-11-20(12-14-21)31-19(3)35/h4-16,26-27H,1-3H3,(H,31,35)(H,32,38)(H,36,37)/t26-,27+/m1/s1. The van der Waals surface area contributed by atoms with Crippen LogP contribution in [0.4, 0.5) is 11.4 Å². The number of carboxylic acid groups (broad SMARTS) is 1. The molecule has 2 aromatic carbocycles. The van der Waals surface area contributed by atoms with Gasteiger partial charge in [0.2, 0.25) is 5.91 Å². The molecule has 1 aliphatic rings. The number of carbonyl (C=O) groups excluding carboxylic acids is 1. The number of rotatable bonds is 6. The van der Waals surface area contributed by atoms with Crippen molar-refractivity contribution < 1.29 is 14.7 Å². The highest BCUT2D eigenvalue weighted by Gasteiger charge is 2.42. The minimum Gasteiger partial charge on any atom is -0.478 e. The number of hydrogen-bond donors (Lipinski definition) is 3. The first kappa shape index (κ1) is 25.2. The Morgan fingerprint density at radius 2 is 1.74 bits per heavy atom. The number of hydrogen-bond acceptors (Lipinski definition) is 4. The summed E-state index contributed by atoms with van der Waals surface area (Å²) in [5.41, 5.74) is 6.04. The molecule has 5 rings (SSSR count). The average molecular weight is 526 g/mol. The van der Waals surface area contributed by atoms with E-state index in [1.54, 1.807) is 18.3 Å². The van der Waals surface area contributed by atoms with Gasteiger partial charge in [-0.2, -0.15) is 0 Å². The fraction of sp³-hybridized carbons (Fsp3) is 0.172. The van der Waals surface area contributed by atoms with Crippen molar-refractivity contribution >= 4 is 40.6 Å². The van der Waals surface area contributed by atoms with Crippen LogP contribution in [-0.4, -0.2) is 31.6 Å². The second kappa shape index (κ2) is 10.1. The SMILES string of the molecule is CC(=O)Nc1ccc(N2C(=S)N[C@H](c3ccccn3)[C@@H]2c2cc(C)n(-c3ccccc3C(=O)O)c2C)cc1. The number of aryl methyl sites for hydroxylation is 1. The lowest BCUT2D eigenvalue weighted by Crippen LogP contribution is -2.29. The molecule has 2 aromatic heterocycles. The van der Waals surface area contributed by atoms with E-state index in [2.05, 4.69) is 26.6 Å². The quantitative estimate of drug-likeness (QED) is 0.293. The first-order chi connectivity index (χ1) is 18.3. The topological polar surface area (TPSA) is 99.5 Å². The Morgan fingerprint density at radius 3 is 2.39 bits per heavy atom. The maximum absolute atomic E-state index is 12.0. The fourth-order valence-corrected chi connectivity index (χ4v) is 5.51. The molecule has 0 aliphatic carbocycles. The number of nitrogens with zero attached hydrogens (tertiary/aromatic N) is 3. The van der Waals surface area contributed by atoms with E-state index in [1.807, 2.05) is 73.0 Å². The summed E-state index contributed by atoms with van der Waals surface area (Å²) < 4.78 is 1.98. The Morgan fingerprint density at radius 1 is 1.03 bits per heavy atom. The molecule has 0 bridgehead atoms. The van der Waals surface area contributed by atoms with Crippen molar-refractivity contribution in [3.05, 3.63) is 107 Å². The summed E-state index contributed by atoms with van der Waals surface area (Å²) in [4.78, 5) is 30.2. The second-order valence-corrected chi connectivity index (χ2v) is 9.60. The van der Waals surface area contributed by atoms with Gasteiger partial charge in [0.15, 0.2) is 5.11 Å². The zero-order valence-corrected chi connectivity index (χ0v) is 22.0. The molecule has 0 radical (unpaired) electrons. The van der Waals surface area contributed by atoms with Gasteiger partial charge < -0.3 is 25.2 Å². The van der Waals surface area contributed by atoms with E-state index < -0.39 is 5.97 Å². The van der Waals surface area contributed by atoms with Crippen molar-refractivity contribution in [2.45, 2.75) is 32.9 Å². The third-order valence-electron chi connectivity index (χ3n) is 6.73. The molecule has 192 valence electrons. The van der Waals surface area contributed by atoms with Crippen LogP contribution >= 0.6 is 12.2 Å². The molecule has 4 aromatic rings. The van der Waals surface area contributed by atoms with Crippen LogP contribution in [0.2, 0.25) is 0 Å². The highest BCUT2D eigenvalue weighted by atomic mass is 32.1. The summed E-state index contributed by atoms with van der Waals surface area (Å²) in [6.07, 6.45) is 1.76. The van der Waals surface area contributed by atoms with E-state index in [0.29, 0.717) is 16.5 Å². The molecule has 1 fully saturated rings. The lowest BCUT2D eigenvalue weighted by Gasteiger charge is -2.28. The number of aromatic carboxylic acids is 1. The molecule has 8 nitrogen and oxygen atoms in total. The molecule has 3 heterocycles. The van der Waals surface area contributed by atoms with Crippen molar-refractivity contribution in [2.24, 2.45) is 0 Å². The highest BCUT2D eigenvalue weighted by Crippen LogP contribution is 2.44. The number of nitrogens with one attached hydrogen (secondary N) is 2. The van der Waals surface area contributed by atoms with Gasteiger partial charge in [-0.1, -0.05) is 18.2 Å². The van der Waals surface area contributed by atoms with E-state index in [4.69, 9.17) is 12.2 Å². The molecule has 9 heteroatoms. The lowest BCUT2D eigenvalue weighted by atomic mass is 9.96. The van der Waals surface area contributed by atoms with Crippen molar-refractivity contribution in [1.29, 1.82) is 0 Å². The van der Waals surface area contributed by atoms with Crippen molar-refractivity contribution in [1.82, 2.24) is 14.9 Å². The number of thiocarbonyl (C=S) groups is 1. The predicted molar refractivity (Wildman–Crippen MR) is 151 cm³/mol. The number of carboxylic acids is 1. The number of para-hydroxylation sites is 1. The molecule has 3 N–H and O–H groups in total. The predicted octanol–water partition coefficient (Wildman–Crippen LogP) is 5.32. The Hall–Kier alpha value is -4.50. The van der Waals surface area contributed by atoms with Crippen LogP contribution in [0.25, 0.3) is 5.69 Å². The van der Waals surface area contributed by atoms with Gasteiger partial charge in [0.1, 0.15) is 0 Å². The van der Waals surface area contributed by atoms with Crippen molar-refractivity contribution in [3.8, 4) is 5.69 Å². The second-order valence-electron chi connectivity index (χ2n) is 9.21. The number of amides is 1. The van der Waals surface area contributed by atoms with Crippen LogP contribution in [0.15, 0.2) is 79.0 Å². The summed E-state index contributed by atoms with van der Waals surface area (Å²) in [5, 5.41) is 16.6. The van der Waals surface area contributed by atoms with Gasteiger partial charge in [0, 0.05) is 35.9 Å². The minimum atomic E-state index is -0.981. The number of anilines is 2. The Kier molecular flexibility index (Phi) is 6.69. The van der Waals surface area contributed by atoms with E-state index in [1.165, 1.54) is 6.92 Å². The maximum Gasteiger partial charge on any atom is 0.337 e. The van der Waals surface area contributed by atoms with Crippen LogP contribution in [0.1, 0.15) is 52.0 Å². The van der Waals surface area contributed by atoms with Crippen LogP contribution in [0, 0.1) is 13.8 Å². The molecule has 0 saturated carbocycles. The van der Waals surface area contributed by atoms with Gasteiger partial charge in [0.05, 0.1) is 29.0 Å². The Balaban J connectivity index is 1.66. The Bertz CT molecular complexity index is 1530. The maximum atomic E-state index is 12.0. The van der Waals surface area contributed by atoms with Gasteiger partial charge in [-0.3, -0.25) is 9.78 Å². The Labute approximate surface area is 225 Å². The van der Waals surface area contributed by atoms with Crippen molar-refractivity contribution in [3.63, 3.8) is 0 Å². The van der Waals surface area contributed by atoms with Crippen LogP contribution in [0.3, 0.4) is 0 Å². The van der Waals surface area contributed by atoms with Gasteiger partial charge in [0.25, 0.3) is 0 Å². The first-order valence-electron chi connectivity index (χ1n) is 12.2. The number of carbonyl (C=O) groups is 2. The number of aromatic nitrogens is 2. The normalized spacial score (nSPS) is 16.8. The largest absolute Gasteiger partial charge is 0.478 e. The van der Waals surface area contributed by atoms with Crippen LogP contribution in [0.5, 0.6) is 0 Å². The summed E-state index contributed by atoms with van der Waals surface area (Å²) in [6, 6.07) is 21.9. The highest BCUT2D eigenvalue weighted by molar-refractivity contribution is 7.80. The minimum absolute atomic E-state index is 0.140. The van der Waals surface area contributed by atoms with Crippen molar-refractivity contribution in [2.75, 3.05) is 10.2 Å². The molecule has 38 heavy (non-hydrogen) atoms. The van der Waals surface area contributed by atoms with E-state index in [9.17, 15) is 14.7 Å². The monoisotopic (exact) mass is 525 g/mol. The summed E-state index contributed by atoms with van der Waals surface area (Å²) in [6.45, 7) is 5.44. The number of benzene rings is 2. The zero-order chi connectivity index (χ0) is 27.0. The third-order valence-corrected chi connectivity index (χ3v) is 7.04. The molecular weight excluding hydrogens is 498 g/mol. The smallest absolute Gasteiger partial charge is 0.337 e. The van der Waals surface area contributed by atoms with Gasteiger partial charge in [-0.25, -0.2) is 4.79 Å². The molecule has 0 unspecified atom stereocenters. The summed E-state index contributed by atoms with van der Waals surface area (Å²) in [5.74, 6) is -1.12. The molecular formula is C29H27N5O3S. The summed E-state index contributed by atoms with van der Waals surface area (Å²) >= 11 is 5.84. The van der Waals surface area contributed by atoms with Crippen LogP contribution in [-0.2, 0) is 4.79 Å².